The molecule has 11 N–H and O–H groups in total. The minimum atomic E-state index is -0.664. The molecule has 8 heterocycles. The Hall–Kier alpha value is 9.96. The van der Waals surface area contributed by atoms with Crippen molar-refractivity contribution in [1.29, 1.82) is 0 Å². The van der Waals surface area contributed by atoms with Crippen LogP contribution in [0.5, 0.6) is 11.5 Å². The van der Waals surface area contributed by atoms with Crippen LogP contribution < -0.4 is 38.1 Å². The van der Waals surface area contributed by atoms with Crippen LogP contribution >= 0.6 is 0 Å². The first kappa shape index (κ1) is 171. The molecule has 2 aromatic carbocycles. The number of piperidine rings is 6. The Bertz CT molecular complexity index is 3350. The summed E-state index contributed by atoms with van der Waals surface area (Å²) in [6.07, 6.45) is 22.6. The summed E-state index contributed by atoms with van der Waals surface area (Å²) in [5.41, 5.74) is 14.8. The fourth-order valence-corrected chi connectivity index (χ4v) is 17.3. The van der Waals surface area contributed by atoms with E-state index in [1.165, 1.54) is 121 Å². The normalized spacial score (nSPS) is 18.6. The van der Waals surface area contributed by atoms with Crippen LogP contribution in [0.15, 0.2) is 36.4 Å². The molecule has 0 aromatic heterocycles. The summed E-state index contributed by atoms with van der Waals surface area (Å²) in [6, 6.07) is 9.41. The molecule has 6 saturated heterocycles. The third-order valence-electron chi connectivity index (χ3n) is 26.7. The Kier molecular flexibility index (Phi) is 117. The largest absolute Gasteiger partial charge is 0.508 e. The maximum Gasteiger partial charge on any atom is 0.411 e. The average molecular weight is 5270 g/mol. The van der Waals surface area contributed by atoms with Crippen LogP contribution in [0.3, 0.4) is 0 Å². The molecule has 2 aromatic rings. The number of benzene rings is 2. The van der Waals surface area contributed by atoms with Crippen molar-refractivity contribution in [2.24, 2.45) is 76.6 Å². The second-order valence-corrected chi connectivity index (χ2v) is 40.0. The number of amides is 6. The number of nitrogens with one attached hydrogen (secondary N) is 5. The van der Waals surface area contributed by atoms with Crippen molar-refractivity contribution in [2.45, 2.75) is 355 Å². The zero-order valence-electron chi connectivity index (χ0n) is 87.0. The predicted molar refractivity (Wildman–Crippen MR) is 497 cm³/mol. The molecule has 136 heavy (non-hydrogen) atoms. The van der Waals surface area contributed by atoms with Crippen LogP contribution in [0, 0.1) is 532 Å². The molecule has 0 aliphatic carbocycles. The Balaban J connectivity index is -0.000000138. The van der Waals surface area contributed by atoms with Gasteiger partial charge in [-0.15, -0.1) is 0 Å². The molecule has 10 rings (SSSR count). The Morgan fingerprint density at radius 3 is 1.09 bits per heavy atom. The molecule has 0 saturated carbocycles. The summed E-state index contributed by atoms with van der Waals surface area (Å²) in [5.74, 6) is 7.31. The minimum Gasteiger partial charge on any atom is -0.508 e. The third-order valence-corrected chi connectivity index (χ3v) is 26.7. The molecule has 23 nitrogen and oxygen atoms in total. The van der Waals surface area contributed by atoms with E-state index in [2.05, 4.69) is 124 Å². The van der Waals surface area contributed by atoms with Crippen molar-refractivity contribution in [3.63, 3.8) is 0 Å². The van der Waals surface area contributed by atoms with Gasteiger partial charge in [0.1, 0.15) is 34.8 Å². The van der Waals surface area contributed by atoms with Gasteiger partial charge in [-0.2, -0.15) is 0 Å². The van der Waals surface area contributed by atoms with E-state index < -0.39 is 35.5 Å². The van der Waals surface area contributed by atoms with Crippen LogP contribution in [0.4, 0.5) is 9.59 Å². The Morgan fingerprint density at radius 1 is 0.412 bits per heavy atom. The zero-order valence-corrected chi connectivity index (χ0v) is 149. The van der Waals surface area contributed by atoms with Gasteiger partial charge in [-0.25, -0.2) is 9.59 Å². The number of aromatic hydroxyl groups is 2. The number of fused-ring (bicyclic) bond motifs is 2. The molecule has 6 fully saturated rings. The second-order valence-electron chi connectivity index (χ2n) is 40.0. The van der Waals surface area contributed by atoms with E-state index in [0.29, 0.717) is 37.3 Å². The molecule has 0 radical (unpaired) electrons. The number of carbonyl (C=O) groups excluding carboxylic acids is 6. The maximum atomic E-state index is 13.6. The summed E-state index contributed by atoms with van der Waals surface area (Å²) in [5, 5.41) is 35.5. The number of hydrogen-bond acceptors (Lipinski definition) is 17. The number of nitrogens with zero attached hydrogens (tertiary/aromatic N) is 6. The van der Waals surface area contributed by atoms with Gasteiger partial charge in [-0.3, -0.25) is 24.1 Å². The van der Waals surface area contributed by atoms with Crippen molar-refractivity contribution in [3.05, 3.63) is 58.7 Å². The third kappa shape index (κ3) is 67.4. The van der Waals surface area contributed by atoms with Gasteiger partial charge >= 0.3 is 12.2 Å². The van der Waals surface area contributed by atoms with E-state index in [-0.39, 0.29) is 558 Å². The minimum absolute atomic E-state index is 0. The van der Waals surface area contributed by atoms with Gasteiger partial charge in [0.2, 0.25) is 23.6 Å². The van der Waals surface area contributed by atoms with E-state index in [9.17, 15) is 39.0 Å². The molecule has 8 aliphatic heterocycles. The van der Waals surface area contributed by atoms with E-state index in [0.717, 1.165) is 155 Å². The van der Waals surface area contributed by atoms with Gasteiger partial charge < -0.3 is 82.2 Å². The molecule has 6 amide bonds. The Labute approximate surface area is 1180 Å². The standard InChI is InChI=1S/C27H43N3O4.C22H35N3O2.C17H32N2O3.C12H24N2O.C12H26N2.C7H15N.CH4.15U/c1-7-19-10-12-29(13-11-19)17-23(18(2)3)28-25(32)24-15-20-8-9-22(31)14-21(20)16-30(24)26(33)34-27(4,5)6;1-4-16-7-9-25(10-8-16)14-21(15(2)3)24-22(27)20-12-17-5-6-19(26)11-18(17)13-23-20;1-7-13-8-10-19(11-9-13)15(20)14(12(2)3)18-16(21)22-17(4,5)6;1-4-10-5-7-14(8-6-10)12(15)11(13)9(2)3;1-4-11-5-7-14(8-6-11)9-12(13)10(2)3;1-2-7-3-5-8-6-4-7;;;;;;;;;;;;;;;;/h8-9,14,18-19,23-24,31H,7,10-13,15-17H2,1-6H3,(H,28,32);5-6,11,15-16,20-21,23,26H,4,7-10,12-14H2,1-3H3,(H,24,27);12-14H,7-11H2,1-6H3,(H,18,21);9-11H,4-8,13H2,1-3H3;10-12H,4-9,13H2,1-3H3;7-8H,2-6H2,1H3;1H4;;;;;;;;;;;;;;;/t23-,24-;20-,21-;14-;11-;12-;;;;;;;;;;;;;;;;;/m11001................./s1. The van der Waals surface area contributed by atoms with Crippen LogP contribution in [-0.4, -0.2) is 227 Å². The van der Waals surface area contributed by atoms with Crippen LogP contribution in [0.25, 0.3) is 0 Å². The average Bonchev–Trinajstić information content (AvgIpc) is 0.781. The quantitative estimate of drug-likeness (QED) is 0.0472. The summed E-state index contributed by atoms with van der Waals surface area (Å²) >= 11 is 0. The molecule has 38 heteroatoms. The summed E-state index contributed by atoms with van der Waals surface area (Å²) in [4.78, 5) is 89.0. The van der Waals surface area contributed by atoms with E-state index in [4.69, 9.17) is 20.9 Å². The summed E-state index contributed by atoms with van der Waals surface area (Å²) in [7, 11) is 0. The molecule has 0 bridgehead atoms. The smallest absolute Gasteiger partial charge is 0.411 e. The molecular weight excluding hydrogens is 5090 g/mol. The Morgan fingerprint density at radius 2 is 0.750 bits per heavy atom. The molecule has 0 unspecified atom stereocenters. The predicted octanol–water partition coefficient (Wildman–Crippen LogP) is 15.9. The van der Waals surface area contributed by atoms with Gasteiger partial charge in [-0.05, 0) is 289 Å². The molecule has 756 valence electrons. The number of rotatable bonds is 24. The molecule has 7 atom stereocenters. The number of alkyl carbamates (subject to hydrolysis) is 1. The van der Waals surface area contributed by atoms with Gasteiger partial charge in [0, 0.05) is 544 Å². The van der Waals surface area contributed by atoms with Crippen molar-refractivity contribution in [2.75, 3.05) is 98.2 Å². The van der Waals surface area contributed by atoms with Crippen molar-refractivity contribution in [3.8, 4) is 11.5 Å². The van der Waals surface area contributed by atoms with Crippen molar-refractivity contribution in [1.82, 2.24) is 56.0 Å². The van der Waals surface area contributed by atoms with Gasteiger partial charge in [0.15, 0.2) is 0 Å². The fraction of sp³-hybridized carbons (Fsp3) is 0.816. The first-order chi connectivity index (χ1) is 56.7. The van der Waals surface area contributed by atoms with Gasteiger partial charge in [0.05, 0.1) is 18.6 Å². The van der Waals surface area contributed by atoms with Crippen LogP contribution in [0.1, 0.15) is 298 Å². The monoisotopic (exact) mass is 5270 g/mol. The zero-order chi connectivity index (χ0) is 89.1. The summed E-state index contributed by atoms with van der Waals surface area (Å²) < 4.78 is 10.9. The second kappa shape index (κ2) is 92.8. The number of carbonyl (C=O) groups is 6. The number of hydrogen-bond donors (Lipinski definition) is 9. The first-order valence-electron chi connectivity index (χ1n) is 47.6. The molecule has 8 aliphatic rings. The molecular formula is C98H179N13O10U15. The summed E-state index contributed by atoms with van der Waals surface area (Å²) in [6.45, 7) is 62.0. The number of likely N-dealkylation sites (tertiary alicyclic amines) is 5. The van der Waals surface area contributed by atoms with E-state index in [1.54, 1.807) is 24.3 Å². The van der Waals surface area contributed by atoms with Crippen LogP contribution in [0.2, 0.25) is 0 Å². The SMILES string of the molecule is C.CCC1CCN(C(=O)[C@@H](N)C(C)C)CC1.CCC1CCN(C(=O)[C@@H](NC(=O)OC(C)(C)C)C(C)C)CC1.CCC1CCN(C[C@@H](N)C(C)C)CC1.CCC1CCN(C[C@@H](NC(=O)[C@H]2Cc3ccc(O)cc3CN2)C(C)C)CC1.CCC1CCN(C[C@@H](NC(=O)[C@H]2Cc3ccc(O)cc3CN2C(=O)OC(C)(C)C)C(C)C)CC1.CCC1CCNCC1.[U].[U].[U].[U].[U].[U].[U].[U].[U].[U].[U].[U].[U].[U].[U]. The van der Waals surface area contributed by atoms with Gasteiger partial charge in [0.25, 0.3) is 0 Å². The fourth-order valence-electron chi connectivity index (χ4n) is 17.3. The number of phenolic OH excluding ortho intramolecular Hbond substituents is 2. The van der Waals surface area contributed by atoms with Gasteiger partial charge in [-0.1, -0.05) is 169 Å². The molecule has 0 spiro atoms. The number of ether oxygens (including phenoxy) is 2. The first-order valence-corrected chi connectivity index (χ1v) is 47.6. The van der Waals surface area contributed by atoms with Crippen molar-refractivity contribution < 1.29 is 515 Å². The van der Waals surface area contributed by atoms with Crippen molar-refractivity contribution >= 4 is 35.8 Å². The van der Waals surface area contributed by atoms with E-state index >= 15 is 0 Å². The number of nitrogens with two attached hydrogens (primary N) is 2. The topological polar surface area (TPSA) is 293 Å². The number of phenols is 2. The van der Waals surface area contributed by atoms with E-state index in [1.807, 2.05) is 91.2 Å². The van der Waals surface area contributed by atoms with Crippen LogP contribution in [-0.2, 0) is 54.6 Å². The maximum absolute atomic E-state index is 13.6.